The van der Waals surface area contributed by atoms with Crippen LogP contribution in [0.5, 0.6) is 0 Å². The predicted octanol–water partition coefficient (Wildman–Crippen LogP) is 2.72. The number of rotatable bonds is 4. The van der Waals surface area contributed by atoms with Crippen LogP contribution in [0.15, 0.2) is 35.2 Å². The molecule has 1 N–H and O–H groups in total. The van der Waals surface area contributed by atoms with Gasteiger partial charge < -0.3 is 0 Å². The molecule has 0 spiro atoms. The summed E-state index contributed by atoms with van der Waals surface area (Å²) in [7, 11) is -3.59. The molecular weight excluding hydrogens is 292 g/mol. The summed E-state index contributed by atoms with van der Waals surface area (Å²) in [5, 5.41) is 8.81. The van der Waals surface area contributed by atoms with Crippen LogP contribution in [0, 0.1) is 25.2 Å². The van der Waals surface area contributed by atoms with Crippen LogP contribution in [0.4, 0.5) is 0 Å². The van der Waals surface area contributed by atoms with Crippen LogP contribution in [0.25, 0.3) is 0 Å². The fourth-order valence-electron chi connectivity index (χ4n) is 1.72. The largest absolute Gasteiger partial charge is 0.240 e. The standard InChI is InChI=1S/C14H14N2O2S2/c1-10-6-13(19-11(10)2)9-16-20(17,18)14-5-3-4-12(7-14)8-15/h3-7,16H,9H2,1-2H3. The van der Waals surface area contributed by atoms with Crippen LogP contribution in [-0.2, 0) is 16.6 Å². The van der Waals surface area contributed by atoms with Gasteiger partial charge in [0.25, 0.3) is 0 Å². The van der Waals surface area contributed by atoms with Crippen LogP contribution < -0.4 is 4.72 Å². The van der Waals surface area contributed by atoms with Crippen LogP contribution in [-0.4, -0.2) is 8.42 Å². The van der Waals surface area contributed by atoms with Gasteiger partial charge in [0.1, 0.15) is 0 Å². The molecule has 0 saturated carbocycles. The van der Waals surface area contributed by atoms with Crippen molar-refractivity contribution in [3.63, 3.8) is 0 Å². The van der Waals surface area contributed by atoms with Gasteiger partial charge in [-0.25, -0.2) is 13.1 Å². The number of nitrogens with one attached hydrogen (secondary N) is 1. The van der Waals surface area contributed by atoms with Crippen molar-refractivity contribution in [1.82, 2.24) is 4.72 Å². The molecule has 0 unspecified atom stereocenters. The molecule has 0 atom stereocenters. The molecule has 0 aliphatic carbocycles. The van der Waals surface area contributed by atoms with Crippen LogP contribution >= 0.6 is 11.3 Å². The SMILES string of the molecule is Cc1cc(CNS(=O)(=O)c2cccc(C#N)c2)sc1C. The maximum absolute atomic E-state index is 12.1. The molecule has 2 aromatic rings. The summed E-state index contributed by atoms with van der Waals surface area (Å²) >= 11 is 1.58. The Balaban J connectivity index is 2.17. The van der Waals surface area contributed by atoms with Crippen molar-refractivity contribution in [1.29, 1.82) is 5.26 Å². The van der Waals surface area contributed by atoms with Crippen LogP contribution in [0.3, 0.4) is 0 Å². The van der Waals surface area contributed by atoms with Gasteiger partial charge >= 0.3 is 0 Å². The van der Waals surface area contributed by atoms with Crippen molar-refractivity contribution in [3.8, 4) is 6.07 Å². The van der Waals surface area contributed by atoms with Crippen molar-refractivity contribution in [3.05, 3.63) is 51.2 Å². The van der Waals surface area contributed by atoms with E-state index in [4.69, 9.17) is 5.26 Å². The Morgan fingerprint density at radius 2 is 2.05 bits per heavy atom. The zero-order chi connectivity index (χ0) is 14.8. The van der Waals surface area contributed by atoms with Crippen molar-refractivity contribution < 1.29 is 8.42 Å². The van der Waals surface area contributed by atoms with E-state index in [-0.39, 0.29) is 11.4 Å². The van der Waals surface area contributed by atoms with E-state index in [9.17, 15) is 8.42 Å². The van der Waals surface area contributed by atoms with Crippen LogP contribution in [0.2, 0.25) is 0 Å². The highest BCUT2D eigenvalue weighted by Gasteiger charge is 2.14. The molecule has 0 bridgehead atoms. The van der Waals surface area contributed by atoms with Gasteiger partial charge in [-0.1, -0.05) is 6.07 Å². The zero-order valence-corrected chi connectivity index (χ0v) is 12.8. The Morgan fingerprint density at radius 3 is 2.65 bits per heavy atom. The Kier molecular flexibility index (Phi) is 4.23. The van der Waals surface area contributed by atoms with E-state index in [1.54, 1.807) is 23.5 Å². The summed E-state index contributed by atoms with van der Waals surface area (Å²) < 4.78 is 26.9. The van der Waals surface area contributed by atoms with E-state index < -0.39 is 10.0 Å². The van der Waals surface area contributed by atoms with Gasteiger partial charge in [0.05, 0.1) is 16.5 Å². The monoisotopic (exact) mass is 306 g/mol. The average Bonchev–Trinajstić information content (AvgIpc) is 2.76. The van der Waals surface area contributed by atoms with Gasteiger partial charge in [-0.3, -0.25) is 0 Å². The molecule has 0 amide bonds. The first-order chi connectivity index (χ1) is 9.42. The van der Waals surface area contributed by atoms with Crippen molar-refractivity contribution >= 4 is 21.4 Å². The normalized spacial score (nSPS) is 11.2. The molecule has 0 aliphatic rings. The van der Waals surface area contributed by atoms with E-state index in [0.29, 0.717) is 5.56 Å². The molecule has 6 heteroatoms. The van der Waals surface area contributed by atoms with E-state index in [1.165, 1.54) is 17.0 Å². The Bertz CT molecular complexity index is 751. The summed E-state index contributed by atoms with van der Waals surface area (Å²) in [5.74, 6) is 0. The maximum atomic E-state index is 12.1. The minimum absolute atomic E-state index is 0.113. The third-order valence-electron chi connectivity index (χ3n) is 2.93. The number of thiophene rings is 1. The summed E-state index contributed by atoms with van der Waals surface area (Å²) in [4.78, 5) is 2.27. The van der Waals surface area contributed by atoms with Gasteiger partial charge in [0, 0.05) is 16.3 Å². The third kappa shape index (κ3) is 3.25. The van der Waals surface area contributed by atoms with Gasteiger partial charge in [-0.15, -0.1) is 11.3 Å². The molecule has 1 aromatic carbocycles. The number of benzene rings is 1. The molecule has 0 aliphatic heterocycles. The minimum Gasteiger partial charge on any atom is -0.207 e. The molecule has 1 heterocycles. The van der Waals surface area contributed by atoms with E-state index >= 15 is 0 Å². The Labute approximate surface area is 122 Å². The number of hydrogen-bond donors (Lipinski definition) is 1. The van der Waals surface area contributed by atoms with Gasteiger partial charge in [0.15, 0.2) is 0 Å². The van der Waals surface area contributed by atoms with Crippen molar-refractivity contribution in [2.75, 3.05) is 0 Å². The van der Waals surface area contributed by atoms with Crippen molar-refractivity contribution in [2.45, 2.75) is 25.3 Å². The zero-order valence-electron chi connectivity index (χ0n) is 11.2. The first-order valence-electron chi connectivity index (χ1n) is 5.98. The summed E-state index contributed by atoms with van der Waals surface area (Å²) in [6.45, 7) is 4.27. The number of nitrogens with zero attached hydrogens (tertiary/aromatic N) is 1. The Morgan fingerprint density at radius 1 is 1.30 bits per heavy atom. The minimum atomic E-state index is -3.59. The molecule has 0 radical (unpaired) electrons. The maximum Gasteiger partial charge on any atom is 0.240 e. The molecule has 104 valence electrons. The number of sulfonamides is 1. The van der Waals surface area contributed by atoms with Gasteiger partial charge in [0.2, 0.25) is 10.0 Å². The fraction of sp³-hybridized carbons (Fsp3) is 0.214. The Hall–Kier alpha value is -1.68. The molecule has 2 rings (SSSR count). The first kappa shape index (κ1) is 14.7. The summed E-state index contributed by atoms with van der Waals surface area (Å²) in [5.41, 5.74) is 1.49. The van der Waals surface area contributed by atoms with E-state index in [2.05, 4.69) is 4.72 Å². The van der Waals surface area contributed by atoms with Gasteiger partial charge in [-0.05, 0) is 43.7 Å². The molecule has 1 aromatic heterocycles. The molecule has 4 nitrogen and oxygen atoms in total. The second-order valence-corrected chi connectivity index (χ2v) is 7.52. The third-order valence-corrected chi connectivity index (χ3v) is 5.48. The smallest absolute Gasteiger partial charge is 0.207 e. The summed E-state index contributed by atoms with van der Waals surface area (Å²) in [6.07, 6.45) is 0. The fourth-order valence-corrected chi connectivity index (χ4v) is 3.86. The highest BCUT2D eigenvalue weighted by atomic mass is 32.2. The van der Waals surface area contributed by atoms with Crippen molar-refractivity contribution in [2.24, 2.45) is 0 Å². The highest BCUT2D eigenvalue weighted by molar-refractivity contribution is 7.89. The highest BCUT2D eigenvalue weighted by Crippen LogP contribution is 2.21. The van der Waals surface area contributed by atoms with E-state index in [0.717, 1.165) is 10.4 Å². The number of hydrogen-bond acceptors (Lipinski definition) is 4. The van der Waals surface area contributed by atoms with E-state index in [1.807, 2.05) is 26.0 Å². The average molecular weight is 306 g/mol. The topological polar surface area (TPSA) is 70.0 Å². The summed E-state index contributed by atoms with van der Waals surface area (Å²) in [6, 6.07) is 9.90. The molecular formula is C14H14N2O2S2. The van der Waals surface area contributed by atoms with Gasteiger partial charge in [-0.2, -0.15) is 5.26 Å². The lowest BCUT2D eigenvalue weighted by Crippen LogP contribution is -2.22. The first-order valence-corrected chi connectivity index (χ1v) is 8.28. The molecule has 0 fully saturated rings. The van der Waals surface area contributed by atoms with Crippen LogP contribution in [0.1, 0.15) is 20.9 Å². The number of nitriles is 1. The lowest BCUT2D eigenvalue weighted by atomic mass is 10.2. The number of aryl methyl sites for hydroxylation is 2. The molecule has 20 heavy (non-hydrogen) atoms. The predicted molar refractivity (Wildman–Crippen MR) is 79.0 cm³/mol. The molecule has 0 saturated heterocycles. The lowest BCUT2D eigenvalue weighted by Gasteiger charge is -2.05. The quantitative estimate of drug-likeness (QED) is 0.944. The second-order valence-electron chi connectivity index (χ2n) is 4.42. The second kappa shape index (κ2) is 5.75. The lowest BCUT2D eigenvalue weighted by molar-refractivity contribution is 0.582.